The number of hydrogen-bond acceptors (Lipinski definition) is 4. The Kier molecular flexibility index (Phi) is 6.41. The van der Waals surface area contributed by atoms with Crippen LogP contribution < -0.4 is 5.73 Å². The summed E-state index contributed by atoms with van der Waals surface area (Å²) >= 11 is 0. The Morgan fingerprint density at radius 3 is 2.35 bits per heavy atom. The number of hydrogen-bond donors (Lipinski definition) is 1. The van der Waals surface area contributed by atoms with Crippen LogP contribution in [0.2, 0.25) is 0 Å². The molecule has 1 atom stereocenters. The van der Waals surface area contributed by atoms with E-state index < -0.39 is 0 Å². The maximum atomic E-state index is 5.92. The first-order valence-electron chi connectivity index (χ1n) is 6.80. The zero-order chi connectivity index (χ0) is 12.7. The fraction of sp³-hybridized carbons (Fsp3) is 1.00. The molecule has 0 saturated carbocycles. The van der Waals surface area contributed by atoms with Crippen LogP contribution in [0, 0.1) is 0 Å². The molecule has 17 heavy (non-hydrogen) atoms. The molecule has 4 heteroatoms. The van der Waals surface area contributed by atoms with Crippen LogP contribution in [0.25, 0.3) is 0 Å². The summed E-state index contributed by atoms with van der Waals surface area (Å²) in [5, 5.41) is 0. The van der Waals surface area contributed by atoms with Gasteiger partial charge in [-0.3, -0.25) is 4.90 Å². The van der Waals surface area contributed by atoms with E-state index in [0.29, 0.717) is 12.6 Å². The number of nitrogens with two attached hydrogens (primary N) is 1. The van der Waals surface area contributed by atoms with Gasteiger partial charge in [0, 0.05) is 32.8 Å². The average Bonchev–Trinajstić information content (AvgIpc) is 2.37. The smallest absolute Gasteiger partial charge is 0.0659 e. The summed E-state index contributed by atoms with van der Waals surface area (Å²) < 4.78 is 11.2. The summed E-state index contributed by atoms with van der Waals surface area (Å²) in [6.45, 7) is 11.3. The van der Waals surface area contributed by atoms with Gasteiger partial charge in [-0.25, -0.2) is 0 Å². The van der Waals surface area contributed by atoms with Crippen LogP contribution in [0.5, 0.6) is 0 Å². The van der Waals surface area contributed by atoms with Crippen LogP contribution in [-0.4, -0.2) is 56.0 Å². The number of piperidine rings is 1. The van der Waals surface area contributed by atoms with E-state index in [1.54, 1.807) is 0 Å². The third-order valence-corrected chi connectivity index (χ3v) is 3.66. The normalized spacial score (nSPS) is 22.6. The Hall–Kier alpha value is -0.160. The van der Waals surface area contributed by atoms with Gasteiger partial charge in [0.1, 0.15) is 0 Å². The molecule has 0 aromatic rings. The number of rotatable bonds is 7. The molecule has 1 unspecified atom stereocenters. The fourth-order valence-corrected chi connectivity index (χ4v) is 2.40. The van der Waals surface area contributed by atoms with Gasteiger partial charge in [-0.2, -0.15) is 0 Å². The molecule has 0 aromatic carbocycles. The first-order valence-corrected chi connectivity index (χ1v) is 6.80. The Bertz CT molecular complexity index is 206. The molecule has 0 aromatic heterocycles. The van der Waals surface area contributed by atoms with Crippen molar-refractivity contribution in [2.75, 3.05) is 39.5 Å². The maximum absolute atomic E-state index is 5.92. The van der Waals surface area contributed by atoms with E-state index in [0.717, 1.165) is 45.8 Å². The van der Waals surface area contributed by atoms with E-state index in [-0.39, 0.29) is 5.54 Å². The van der Waals surface area contributed by atoms with Crippen molar-refractivity contribution in [1.82, 2.24) is 4.90 Å². The lowest BCUT2D eigenvalue weighted by Gasteiger charge is -2.44. The van der Waals surface area contributed by atoms with Gasteiger partial charge in [-0.1, -0.05) is 0 Å². The molecule has 0 aliphatic carbocycles. The Morgan fingerprint density at radius 2 is 1.88 bits per heavy atom. The summed E-state index contributed by atoms with van der Waals surface area (Å²) in [5.41, 5.74) is 5.90. The summed E-state index contributed by atoms with van der Waals surface area (Å²) in [5.74, 6) is 0. The molecular weight excluding hydrogens is 216 g/mol. The highest BCUT2D eigenvalue weighted by atomic mass is 16.5. The van der Waals surface area contributed by atoms with Crippen molar-refractivity contribution in [3.05, 3.63) is 0 Å². The van der Waals surface area contributed by atoms with E-state index in [2.05, 4.69) is 18.7 Å². The van der Waals surface area contributed by atoms with Crippen LogP contribution >= 0.6 is 0 Å². The van der Waals surface area contributed by atoms with Gasteiger partial charge in [0.15, 0.2) is 0 Å². The largest absolute Gasteiger partial charge is 0.380 e. The van der Waals surface area contributed by atoms with Crippen LogP contribution in [0.15, 0.2) is 0 Å². The minimum absolute atomic E-state index is 0.0206. The van der Waals surface area contributed by atoms with Crippen LogP contribution in [-0.2, 0) is 9.47 Å². The van der Waals surface area contributed by atoms with Crippen LogP contribution in [0.4, 0.5) is 0 Å². The zero-order valence-electron chi connectivity index (χ0n) is 11.6. The molecule has 1 aliphatic heterocycles. The van der Waals surface area contributed by atoms with Crippen molar-refractivity contribution in [3.8, 4) is 0 Å². The predicted molar refractivity (Wildman–Crippen MR) is 70.2 cm³/mol. The van der Waals surface area contributed by atoms with Crippen molar-refractivity contribution in [1.29, 1.82) is 0 Å². The standard InChI is InChI=1S/C13H28N2O2/c1-4-16-11-13(3,10-14)15-8-6-12(7-9-15)17-5-2/h12H,4-11,14H2,1-3H3. The molecule has 0 spiro atoms. The lowest BCUT2D eigenvalue weighted by molar-refractivity contribution is -0.0404. The highest BCUT2D eigenvalue weighted by Gasteiger charge is 2.33. The molecule has 1 heterocycles. The summed E-state index contributed by atoms with van der Waals surface area (Å²) in [4.78, 5) is 2.46. The average molecular weight is 244 g/mol. The van der Waals surface area contributed by atoms with Crippen molar-refractivity contribution in [2.24, 2.45) is 5.73 Å². The summed E-state index contributed by atoms with van der Waals surface area (Å²) in [6.07, 6.45) is 2.65. The molecule has 0 amide bonds. The predicted octanol–water partition coefficient (Wildman–Crippen LogP) is 1.24. The van der Waals surface area contributed by atoms with Crippen LogP contribution in [0.1, 0.15) is 33.6 Å². The maximum Gasteiger partial charge on any atom is 0.0659 e. The fourth-order valence-electron chi connectivity index (χ4n) is 2.40. The van der Waals surface area contributed by atoms with E-state index in [1.165, 1.54) is 0 Å². The van der Waals surface area contributed by atoms with Crippen molar-refractivity contribution < 1.29 is 9.47 Å². The quantitative estimate of drug-likeness (QED) is 0.732. The van der Waals surface area contributed by atoms with Gasteiger partial charge < -0.3 is 15.2 Å². The molecule has 1 saturated heterocycles. The van der Waals surface area contributed by atoms with E-state index in [4.69, 9.17) is 15.2 Å². The first-order chi connectivity index (χ1) is 8.16. The second-order valence-corrected chi connectivity index (χ2v) is 4.98. The number of likely N-dealkylation sites (tertiary alicyclic amines) is 1. The Labute approximate surface area is 105 Å². The van der Waals surface area contributed by atoms with Crippen molar-refractivity contribution in [2.45, 2.75) is 45.3 Å². The number of nitrogens with zero attached hydrogens (tertiary/aromatic N) is 1. The lowest BCUT2D eigenvalue weighted by atomic mass is 9.96. The monoisotopic (exact) mass is 244 g/mol. The van der Waals surface area contributed by atoms with E-state index >= 15 is 0 Å². The van der Waals surface area contributed by atoms with E-state index in [9.17, 15) is 0 Å². The van der Waals surface area contributed by atoms with Crippen molar-refractivity contribution >= 4 is 0 Å². The molecule has 1 rings (SSSR count). The molecule has 102 valence electrons. The lowest BCUT2D eigenvalue weighted by Crippen LogP contribution is -2.57. The highest BCUT2D eigenvalue weighted by molar-refractivity contribution is 4.90. The first kappa shape index (κ1) is 14.9. The summed E-state index contributed by atoms with van der Waals surface area (Å²) in [7, 11) is 0. The number of ether oxygens (including phenoxy) is 2. The van der Waals surface area contributed by atoms with Crippen molar-refractivity contribution in [3.63, 3.8) is 0 Å². The summed E-state index contributed by atoms with van der Waals surface area (Å²) in [6, 6.07) is 0. The van der Waals surface area contributed by atoms with Gasteiger partial charge in [-0.05, 0) is 33.6 Å². The van der Waals surface area contributed by atoms with Gasteiger partial charge in [-0.15, -0.1) is 0 Å². The molecule has 4 nitrogen and oxygen atoms in total. The zero-order valence-corrected chi connectivity index (χ0v) is 11.6. The van der Waals surface area contributed by atoms with Gasteiger partial charge in [0.05, 0.1) is 18.2 Å². The topological polar surface area (TPSA) is 47.7 Å². The Balaban J connectivity index is 2.43. The molecule has 2 N–H and O–H groups in total. The molecule has 0 radical (unpaired) electrons. The third kappa shape index (κ3) is 4.21. The Morgan fingerprint density at radius 1 is 1.24 bits per heavy atom. The molecular formula is C13H28N2O2. The second kappa shape index (κ2) is 7.31. The molecule has 1 aliphatic rings. The van der Waals surface area contributed by atoms with Gasteiger partial charge >= 0.3 is 0 Å². The minimum atomic E-state index is -0.0206. The minimum Gasteiger partial charge on any atom is -0.380 e. The SMILES string of the molecule is CCOCC(C)(CN)N1CCC(OCC)CC1. The molecule has 1 fully saturated rings. The third-order valence-electron chi connectivity index (χ3n) is 3.66. The van der Waals surface area contributed by atoms with Gasteiger partial charge in [0.25, 0.3) is 0 Å². The molecule has 0 bridgehead atoms. The highest BCUT2D eigenvalue weighted by Crippen LogP contribution is 2.22. The van der Waals surface area contributed by atoms with E-state index in [1.807, 2.05) is 6.92 Å². The van der Waals surface area contributed by atoms with Gasteiger partial charge in [0.2, 0.25) is 0 Å². The van der Waals surface area contributed by atoms with Crippen LogP contribution in [0.3, 0.4) is 0 Å². The second-order valence-electron chi connectivity index (χ2n) is 4.98.